The molecule has 4 N–H and O–H groups in total. The van der Waals surface area contributed by atoms with Gasteiger partial charge in [0, 0.05) is 17.3 Å². The molecule has 1 rings (SSSR count). The van der Waals surface area contributed by atoms with Crippen molar-refractivity contribution in [1.29, 1.82) is 0 Å². The molecular formula is C12H17ClN2O2. The molecule has 94 valence electrons. The number of nitrogen functional groups attached to an aromatic ring is 1. The first-order valence-corrected chi connectivity index (χ1v) is 5.90. The third-order valence-electron chi connectivity index (χ3n) is 2.34. The Bertz CT molecular complexity index is 394. The van der Waals surface area contributed by atoms with Gasteiger partial charge in [-0.05, 0) is 38.0 Å². The number of benzene rings is 1. The number of halogens is 1. The Hall–Kier alpha value is -1.26. The lowest BCUT2D eigenvalue weighted by Crippen LogP contribution is -2.25. The summed E-state index contributed by atoms with van der Waals surface area (Å²) in [5.74, 6) is -0.240. The van der Waals surface area contributed by atoms with Crippen molar-refractivity contribution < 1.29 is 9.90 Å². The molecule has 0 aromatic heterocycles. The van der Waals surface area contributed by atoms with Gasteiger partial charge in [0.15, 0.2) is 0 Å². The van der Waals surface area contributed by atoms with Gasteiger partial charge >= 0.3 is 0 Å². The van der Waals surface area contributed by atoms with E-state index in [1.54, 1.807) is 25.1 Å². The van der Waals surface area contributed by atoms with E-state index in [9.17, 15) is 4.79 Å². The highest BCUT2D eigenvalue weighted by Crippen LogP contribution is 2.17. The van der Waals surface area contributed by atoms with Crippen LogP contribution < -0.4 is 11.1 Å². The summed E-state index contributed by atoms with van der Waals surface area (Å²) in [5, 5.41) is 12.3. The molecule has 17 heavy (non-hydrogen) atoms. The van der Waals surface area contributed by atoms with Gasteiger partial charge in [0.25, 0.3) is 5.91 Å². The largest absolute Gasteiger partial charge is 0.398 e. The average Bonchev–Trinajstić information content (AvgIpc) is 2.27. The summed E-state index contributed by atoms with van der Waals surface area (Å²) in [7, 11) is 0. The molecule has 1 unspecified atom stereocenters. The molecule has 4 nitrogen and oxygen atoms in total. The fourth-order valence-corrected chi connectivity index (χ4v) is 1.59. The minimum Gasteiger partial charge on any atom is -0.398 e. The molecule has 1 aromatic carbocycles. The van der Waals surface area contributed by atoms with E-state index in [-0.39, 0.29) is 12.0 Å². The quantitative estimate of drug-likeness (QED) is 0.556. The molecule has 1 amide bonds. The Balaban J connectivity index is 2.49. The van der Waals surface area contributed by atoms with Gasteiger partial charge in [-0.1, -0.05) is 11.6 Å². The van der Waals surface area contributed by atoms with Gasteiger partial charge in [-0.25, -0.2) is 0 Å². The monoisotopic (exact) mass is 256 g/mol. The van der Waals surface area contributed by atoms with E-state index < -0.39 is 0 Å². The van der Waals surface area contributed by atoms with Crippen molar-refractivity contribution in [2.45, 2.75) is 25.9 Å². The highest BCUT2D eigenvalue weighted by molar-refractivity contribution is 6.31. The highest BCUT2D eigenvalue weighted by atomic mass is 35.5. The molecule has 0 aliphatic rings. The van der Waals surface area contributed by atoms with Crippen LogP contribution in [0.15, 0.2) is 18.2 Å². The zero-order chi connectivity index (χ0) is 12.8. The zero-order valence-electron chi connectivity index (χ0n) is 9.74. The Kier molecular flexibility index (Phi) is 5.25. The molecule has 1 aromatic rings. The number of nitrogens with two attached hydrogens (primary N) is 1. The number of carbonyl (C=O) groups excluding carboxylic acids is 1. The van der Waals surface area contributed by atoms with Gasteiger partial charge in [-0.2, -0.15) is 0 Å². The molecule has 0 aliphatic heterocycles. The lowest BCUT2D eigenvalue weighted by Gasteiger charge is -2.08. The second-order valence-electron chi connectivity index (χ2n) is 3.98. The number of hydrogen-bond acceptors (Lipinski definition) is 3. The zero-order valence-corrected chi connectivity index (χ0v) is 10.5. The maximum absolute atomic E-state index is 11.8. The van der Waals surface area contributed by atoms with Gasteiger partial charge in [-0.3, -0.25) is 4.79 Å². The number of aliphatic hydroxyl groups is 1. The summed E-state index contributed by atoms with van der Waals surface area (Å²) in [6, 6.07) is 4.79. The Labute approximate surface area is 106 Å². The first kappa shape index (κ1) is 13.8. The third-order valence-corrected chi connectivity index (χ3v) is 2.58. The van der Waals surface area contributed by atoms with Crippen molar-refractivity contribution in [3.8, 4) is 0 Å². The third kappa shape index (κ3) is 4.63. The maximum atomic E-state index is 11.8. The van der Waals surface area contributed by atoms with Gasteiger partial charge < -0.3 is 16.2 Å². The number of rotatable bonds is 5. The van der Waals surface area contributed by atoms with Crippen LogP contribution in [0, 0.1) is 0 Å². The van der Waals surface area contributed by atoms with Crippen LogP contribution in [-0.4, -0.2) is 23.7 Å². The van der Waals surface area contributed by atoms with Crippen molar-refractivity contribution in [3.63, 3.8) is 0 Å². The smallest absolute Gasteiger partial charge is 0.253 e. The summed E-state index contributed by atoms with van der Waals surface area (Å²) < 4.78 is 0. The number of carbonyl (C=O) groups is 1. The Morgan fingerprint density at radius 1 is 1.59 bits per heavy atom. The van der Waals surface area contributed by atoms with Crippen LogP contribution in [0.1, 0.15) is 30.1 Å². The van der Waals surface area contributed by atoms with Gasteiger partial charge in [0.2, 0.25) is 0 Å². The van der Waals surface area contributed by atoms with Crippen LogP contribution in [0.5, 0.6) is 0 Å². The first-order chi connectivity index (χ1) is 8.00. The van der Waals surface area contributed by atoms with E-state index in [4.69, 9.17) is 22.4 Å². The average molecular weight is 257 g/mol. The van der Waals surface area contributed by atoms with E-state index >= 15 is 0 Å². The van der Waals surface area contributed by atoms with Gasteiger partial charge in [0.1, 0.15) is 0 Å². The van der Waals surface area contributed by atoms with E-state index in [1.807, 2.05) is 0 Å². The first-order valence-electron chi connectivity index (χ1n) is 5.52. The summed E-state index contributed by atoms with van der Waals surface area (Å²) in [6.07, 6.45) is 1.04. The van der Waals surface area contributed by atoms with E-state index in [0.29, 0.717) is 29.2 Å². The molecule has 0 radical (unpaired) electrons. The van der Waals surface area contributed by atoms with Crippen LogP contribution in [0.25, 0.3) is 0 Å². The summed E-state index contributed by atoms with van der Waals surface area (Å²) in [5.41, 5.74) is 6.47. The molecule has 1 atom stereocenters. The maximum Gasteiger partial charge on any atom is 0.253 e. The molecule has 0 heterocycles. The van der Waals surface area contributed by atoms with E-state index in [1.165, 1.54) is 0 Å². The topological polar surface area (TPSA) is 75.3 Å². The van der Waals surface area contributed by atoms with Crippen LogP contribution in [0.2, 0.25) is 5.02 Å². The minimum atomic E-state index is -0.344. The van der Waals surface area contributed by atoms with Crippen LogP contribution >= 0.6 is 11.6 Å². The second-order valence-corrected chi connectivity index (χ2v) is 4.42. The van der Waals surface area contributed by atoms with E-state index in [0.717, 1.165) is 6.42 Å². The lowest BCUT2D eigenvalue weighted by atomic mass is 10.1. The fraction of sp³-hybridized carbons (Fsp3) is 0.417. The molecule has 5 heteroatoms. The molecule has 0 bridgehead atoms. The number of nitrogens with one attached hydrogen (secondary N) is 1. The predicted molar refractivity (Wildman–Crippen MR) is 69.1 cm³/mol. The van der Waals surface area contributed by atoms with Crippen molar-refractivity contribution in [2.24, 2.45) is 0 Å². The standard InChI is InChI=1S/C12H17ClN2O2/c1-8(16)3-2-6-15-12(17)10-7-9(13)4-5-11(10)14/h4-5,7-8,16H,2-3,6,14H2,1H3,(H,15,17). The van der Waals surface area contributed by atoms with Crippen molar-refractivity contribution >= 4 is 23.2 Å². The number of amides is 1. The molecule has 0 saturated heterocycles. The molecule has 0 saturated carbocycles. The number of aliphatic hydroxyl groups excluding tert-OH is 1. The number of hydrogen-bond donors (Lipinski definition) is 3. The van der Waals surface area contributed by atoms with E-state index in [2.05, 4.69) is 5.32 Å². The van der Waals surface area contributed by atoms with Crippen LogP contribution in [0.3, 0.4) is 0 Å². The fourth-order valence-electron chi connectivity index (χ4n) is 1.42. The molecular weight excluding hydrogens is 240 g/mol. The molecule has 0 spiro atoms. The van der Waals surface area contributed by atoms with Crippen LogP contribution in [-0.2, 0) is 0 Å². The van der Waals surface area contributed by atoms with Gasteiger partial charge in [0.05, 0.1) is 11.7 Å². The number of anilines is 1. The van der Waals surface area contributed by atoms with Gasteiger partial charge in [-0.15, -0.1) is 0 Å². The molecule has 0 fully saturated rings. The lowest BCUT2D eigenvalue weighted by molar-refractivity contribution is 0.0950. The highest BCUT2D eigenvalue weighted by Gasteiger charge is 2.09. The molecule has 0 aliphatic carbocycles. The summed E-state index contributed by atoms with van der Waals surface area (Å²) >= 11 is 5.80. The SMILES string of the molecule is CC(O)CCCNC(=O)c1cc(Cl)ccc1N. The van der Waals surface area contributed by atoms with Crippen molar-refractivity contribution in [2.75, 3.05) is 12.3 Å². The second kappa shape index (κ2) is 6.47. The Morgan fingerprint density at radius 3 is 2.94 bits per heavy atom. The summed E-state index contributed by atoms with van der Waals surface area (Å²) in [4.78, 5) is 11.8. The van der Waals surface area contributed by atoms with Crippen molar-refractivity contribution in [1.82, 2.24) is 5.32 Å². The Morgan fingerprint density at radius 2 is 2.29 bits per heavy atom. The van der Waals surface area contributed by atoms with Crippen LogP contribution in [0.4, 0.5) is 5.69 Å². The minimum absolute atomic E-state index is 0.240. The normalized spacial score (nSPS) is 12.2. The predicted octanol–water partition coefficient (Wildman–Crippen LogP) is 1.81. The summed E-state index contributed by atoms with van der Waals surface area (Å²) in [6.45, 7) is 2.23. The van der Waals surface area contributed by atoms with Crippen molar-refractivity contribution in [3.05, 3.63) is 28.8 Å².